The van der Waals surface area contributed by atoms with E-state index in [9.17, 15) is 4.79 Å². The van der Waals surface area contributed by atoms with Crippen LogP contribution in [0.3, 0.4) is 0 Å². The van der Waals surface area contributed by atoms with Crippen LogP contribution in [0, 0.1) is 11.8 Å². The van der Waals surface area contributed by atoms with Gasteiger partial charge in [-0.15, -0.1) is 0 Å². The highest BCUT2D eigenvalue weighted by molar-refractivity contribution is 5.95. The second-order valence-electron chi connectivity index (χ2n) is 8.86. The second kappa shape index (κ2) is 6.68. The van der Waals surface area contributed by atoms with Crippen LogP contribution in [0.25, 0.3) is 16.4 Å². The molecule has 0 N–H and O–H groups in total. The van der Waals surface area contributed by atoms with Gasteiger partial charge < -0.3 is 4.40 Å². The highest BCUT2D eigenvalue weighted by Crippen LogP contribution is 2.59. The molecular formula is C24H31N3O. The van der Waals surface area contributed by atoms with E-state index < -0.39 is 0 Å². The van der Waals surface area contributed by atoms with Crippen molar-refractivity contribution in [3.8, 4) is 0 Å². The van der Waals surface area contributed by atoms with E-state index in [0.29, 0.717) is 17.8 Å². The maximum atomic E-state index is 13.0. The molecule has 5 rings (SSSR count). The Bertz CT molecular complexity index is 1110. The monoisotopic (exact) mass is 377 g/mol. The largest absolute Gasteiger partial charge is 0.304 e. The van der Waals surface area contributed by atoms with Crippen LogP contribution in [-0.4, -0.2) is 14.4 Å². The molecule has 2 bridgehead atoms. The van der Waals surface area contributed by atoms with Crippen molar-refractivity contribution in [3.63, 3.8) is 0 Å². The van der Waals surface area contributed by atoms with Crippen LogP contribution in [0.15, 0.2) is 29.3 Å². The molecule has 1 fully saturated rings. The highest BCUT2D eigenvalue weighted by Gasteiger charge is 2.54. The number of hydrogen-bond donors (Lipinski definition) is 0. The minimum atomic E-state index is -0.0185. The van der Waals surface area contributed by atoms with Gasteiger partial charge in [-0.25, -0.2) is 0 Å². The van der Waals surface area contributed by atoms with Crippen LogP contribution < -0.4 is 5.56 Å². The van der Waals surface area contributed by atoms with E-state index in [1.165, 1.54) is 5.69 Å². The summed E-state index contributed by atoms with van der Waals surface area (Å²) in [6.07, 6.45) is 7.18. The van der Waals surface area contributed by atoms with Crippen LogP contribution >= 0.6 is 0 Å². The Morgan fingerprint density at radius 1 is 1.25 bits per heavy atom. The first-order chi connectivity index (χ1) is 13.4. The van der Waals surface area contributed by atoms with Crippen LogP contribution in [0.2, 0.25) is 0 Å². The fourth-order valence-electron chi connectivity index (χ4n) is 5.50. The zero-order valence-electron chi connectivity index (χ0n) is 17.9. The molecule has 3 unspecified atom stereocenters. The lowest BCUT2D eigenvalue weighted by Gasteiger charge is -2.28. The Balaban J connectivity index is 0.000000932. The third-order valence-electron chi connectivity index (χ3n) is 6.96. The molecule has 4 nitrogen and oxygen atoms in total. The molecule has 3 atom stereocenters. The van der Waals surface area contributed by atoms with Gasteiger partial charge in [-0.3, -0.25) is 9.78 Å². The fourth-order valence-corrected chi connectivity index (χ4v) is 5.50. The van der Waals surface area contributed by atoms with Gasteiger partial charge in [0.15, 0.2) is 0 Å². The zero-order chi connectivity index (χ0) is 20.2. The summed E-state index contributed by atoms with van der Waals surface area (Å²) in [6, 6.07) is 4.17. The zero-order valence-corrected chi connectivity index (χ0v) is 17.9. The van der Waals surface area contributed by atoms with Crippen molar-refractivity contribution in [2.45, 2.75) is 72.1 Å². The van der Waals surface area contributed by atoms with Gasteiger partial charge in [0.1, 0.15) is 5.65 Å². The molecule has 28 heavy (non-hydrogen) atoms. The van der Waals surface area contributed by atoms with Crippen LogP contribution in [0.5, 0.6) is 0 Å². The third-order valence-corrected chi connectivity index (χ3v) is 6.96. The maximum Gasteiger partial charge on any atom is 0.277 e. The van der Waals surface area contributed by atoms with Gasteiger partial charge in [0, 0.05) is 45.5 Å². The van der Waals surface area contributed by atoms with Crippen LogP contribution in [-0.2, 0) is 11.8 Å². The first-order valence-electron chi connectivity index (χ1n) is 10.7. The second-order valence-corrected chi connectivity index (χ2v) is 8.86. The lowest BCUT2D eigenvalue weighted by atomic mass is 9.81. The summed E-state index contributed by atoms with van der Waals surface area (Å²) in [5.41, 5.74) is 4.12. The Labute approximate surface area is 167 Å². The molecule has 4 heteroatoms. The molecule has 3 heterocycles. The van der Waals surface area contributed by atoms with Crippen molar-refractivity contribution < 1.29 is 0 Å². The van der Waals surface area contributed by atoms with Crippen molar-refractivity contribution >= 4 is 16.4 Å². The average Bonchev–Trinajstić information content (AvgIpc) is 3.09. The first kappa shape index (κ1) is 19.1. The summed E-state index contributed by atoms with van der Waals surface area (Å²) in [6.45, 7) is 13.0. The molecule has 0 aromatic carbocycles. The lowest BCUT2D eigenvalue weighted by molar-refractivity contribution is 0.375. The molecule has 0 spiro atoms. The molecule has 1 saturated carbocycles. The summed E-state index contributed by atoms with van der Waals surface area (Å²) in [5, 5.41) is 2.16. The molecule has 0 saturated heterocycles. The molecule has 3 aromatic rings. The quantitative estimate of drug-likeness (QED) is 0.573. The van der Waals surface area contributed by atoms with Crippen molar-refractivity contribution in [1.82, 2.24) is 14.4 Å². The summed E-state index contributed by atoms with van der Waals surface area (Å²) in [7, 11) is 0. The van der Waals surface area contributed by atoms with Crippen molar-refractivity contribution in [2.75, 3.05) is 0 Å². The normalized spacial score (nSPS) is 25.2. The van der Waals surface area contributed by atoms with E-state index in [2.05, 4.69) is 54.3 Å². The van der Waals surface area contributed by atoms with E-state index in [1.807, 2.05) is 26.1 Å². The Kier molecular flexibility index (Phi) is 4.56. The number of hydrogen-bond acceptors (Lipinski definition) is 3. The minimum Gasteiger partial charge on any atom is -0.304 e. The van der Waals surface area contributed by atoms with E-state index in [1.54, 1.807) is 0 Å². The van der Waals surface area contributed by atoms with Gasteiger partial charge >= 0.3 is 0 Å². The van der Waals surface area contributed by atoms with Gasteiger partial charge in [0.05, 0.1) is 0 Å². The molecule has 0 radical (unpaired) electrons. The standard InChI is InChI=1S/C22H25N3O.C2H6/c1-12(2)11-17-15-7-10-25-19-18(14-5-8-22(19,4)13(14)3)21(26)24-20(25)16(15)6-9-23-17;1-2/h6-7,9-10,12-14H,5,8,11H2,1-4H3;1-2H3. The van der Waals surface area contributed by atoms with Crippen LogP contribution in [0.4, 0.5) is 0 Å². The summed E-state index contributed by atoms with van der Waals surface area (Å²) >= 11 is 0. The Hall–Kier alpha value is -2.23. The lowest BCUT2D eigenvalue weighted by Crippen LogP contribution is -2.28. The number of rotatable bonds is 2. The van der Waals surface area contributed by atoms with Gasteiger partial charge in [-0.05, 0) is 49.1 Å². The molecule has 2 aliphatic rings. The van der Waals surface area contributed by atoms with E-state index >= 15 is 0 Å². The fraction of sp³-hybridized carbons (Fsp3) is 0.542. The topological polar surface area (TPSA) is 47.3 Å². The van der Waals surface area contributed by atoms with Crippen molar-refractivity contribution in [2.24, 2.45) is 11.8 Å². The smallest absolute Gasteiger partial charge is 0.277 e. The van der Waals surface area contributed by atoms with Crippen molar-refractivity contribution in [1.29, 1.82) is 0 Å². The number of fused-ring (bicyclic) bond motifs is 9. The molecule has 0 amide bonds. The first-order valence-corrected chi connectivity index (χ1v) is 10.7. The summed E-state index contributed by atoms with van der Waals surface area (Å²) in [4.78, 5) is 22.1. The Morgan fingerprint density at radius 2 is 2.00 bits per heavy atom. The highest BCUT2D eigenvalue weighted by atomic mass is 16.1. The van der Waals surface area contributed by atoms with Gasteiger partial charge in [0.2, 0.25) is 0 Å². The molecular weight excluding hydrogens is 346 g/mol. The molecule has 0 aliphatic heterocycles. The summed E-state index contributed by atoms with van der Waals surface area (Å²) < 4.78 is 2.20. The predicted molar refractivity (Wildman–Crippen MR) is 115 cm³/mol. The maximum absolute atomic E-state index is 13.0. The average molecular weight is 378 g/mol. The third kappa shape index (κ3) is 2.46. The SMILES string of the molecule is CC.CC(C)Cc1nccc2c1ccn1c3c(c(=O)nc21)C1CCC3(C)C1C. The van der Waals surface area contributed by atoms with Gasteiger partial charge in [-0.1, -0.05) is 41.5 Å². The van der Waals surface area contributed by atoms with Gasteiger partial charge in [0.25, 0.3) is 5.56 Å². The summed E-state index contributed by atoms with van der Waals surface area (Å²) in [5.74, 6) is 1.42. The van der Waals surface area contributed by atoms with Gasteiger partial charge in [-0.2, -0.15) is 4.98 Å². The molecule has 148 valence electrons. The predicted octanol–water partition coefficient (Wildman–Crippen LogP) is 5.25. The minimum absolute atomic E-state index is 0.0185. The number of aromatic nitrogens is 3. The van der Waals surface area contributed by atoms with Crippen molar-refractivity contribution in [3.05, 3.63) is 51.8 Å². The van der Waals surface area contributed by atoms with E-state index in [-0.39, 0.29) is 11.0 Å². The molecule has 3 aromatic heterocycles. The number of nitrogens with zero attached hydrogens (tertiary/aromatic N) is 3. The van der Waals surface area contributed by atoms with E-state index in [0.717, 1.165) is 46.9 Å². The van der Waals surface area contributed by atoms with Crippen LogP contribution in [0.1, 0.15) is 77.3 Å². The number of pyridine rings is 2. The molecule has 2 aliphatic carbocycles. The Morgan fingerprint density at radius 3 is 2.71 bits per heavy atom. The van der Waals surface area contributed by atoms with E-state index in [4.69, 9.17) is 0 Å².